The molecular formula is C13H11BN2O2. The second-order valence-corrected chi connectivity index (χ2v) is 3.85. The summed E-state index contributed by atoms with van der Waals surface area (Å²) in [5, 5.41) is 2.30. The number of nitrogens with one attached hydrogen (secondary N) is 1. The molecule has 1 heterocycles. The SMILES string of the molecule is [B]C(=O)Nc1ccc(-c2ccccc2)n(C)c1=O. The van der Waals surface area contributed by atoms with Gasteiger partial charge in [0.05, 0.1) is 5.69 Å². The van der Waals surface area contributed by atoms with E-state index in [4.69, 9.17) is 7.85 Å². The van der Waals surface area contributed by atoms with Crippen molar-refractivity contribution in [2.75, 3.05) is 5.32 Å². The summed E-state index contributed by atoms with van der Waals surface area (Å²) in [6.45, 7) is 0. The smallest absolute Gasteiger partial charge is 0.274 e. The van der Waals surface area contributed by atoms with Gasteiger partial charge in [0.2, 0.25) is 7.85 Å². The molecule has 0 unspecified atom stereocenters. The second-order valence-electron chi connectivity index (χ2n) is 3.85. The van der Waals surface area contributed by atoms with E-state index < -0.39 is 5.81 Å². The number of pyridine rings is 1. The summed E-state index contributed by atoms with van der Waals surface area (Å²) in [6.07, 6.45) is 0. The van der Waals surface area contributed by atoms with Crippen molar-refractivity contribution >= 4 is 19.3 Å². The van der Waals surface area contributed by atoms with Gasteiger partial charge in [-0.15, -0.1) is 0 Å². The van der Waals surface area contributed by atoms with Gasteiger partial charge >= 0.3 is 0 Å². The Labute approximate surface area is 106 Å². The molecule has 1 amide bonds. The lowest BCUT2D eigenvalue weighted by Gasteiger charge is -2.10. The van der Waals surface area contributed by atoms with E-state index in [1.54, 1.807) is 19.2 Å². The molecule has 0 aliphatic heterocycles. The van der Waals surface area contributed by atoms with Crippen LogP contribution < -0.4 is 10.9 Å². The Bertz CT molecular complexity index is 635. The molecule has 0 saturated carbocycles. The van der Waals surface area contributed by atoms with Crippen LogP contribution in [0.25, 0.3) is 11.3 Å². The molecule has 0 atom stereocenters. The second kappa shape index (κ2) is 4.92. The van der Waals surface area contributed by atoms with Crippen LogP contribution in [0.1, 0.15) is 0 Å². The summed E-state index contributed by atoms with van der Waals surface area (Å²) in [7, 11) is 6.64. The Morgan fingerprint density at radius 3 is 2.44 bits per heavy atom. The third kappa shape index (κ3) is 2.35. The summed E-state index contributed by atoms with van der Waals surface area (Å²) < 4.78 is 1.47. The topological polar surface area (TPSA) is 51.1 Å². The maximum absolute atomic E-state index is 12.0. The average Bonchev–Trinajstić information content (AvgIpc) is 2.36. The predicted molar refractivity (Wildman–Crippen MR) is 71.9 cm³/mol. The van der Waals surface area contributed by atoms with Gasteiger partial charge < -0.3 is 9.88 Å². The third-order valence-electron chi connectivity index (χ3n) is 2.63. The Kier molecular flexibility index (Phi) is 3.32. The van der Waals surface area contributed by atoms with Crippen LogP contribution in [0.5, 0.6) is 0 Å². The van der Waals surface area contributed by atoms with Crippen molar-refractivity contribution < 1.29 is 4.79 Å². The number of benzene rings is 1. The van der Waals surface area contributed by atoms with Gasteiger partial charge in [-0.3, -0.25) is 9.59 Å². The minimum atomic E-state index is -0.750. The predicted octanol–water partition coefficient (Wildman–Crippen LogP) is 1.75. The molecule has 0 spiro atoms. The van der Waals surface area contributed by atoms with Crippen molar-refractivity contribution in [1.82, 2.24) is 4.57 Å². The number of nitrogens with zero attached hydrogens (tertiary/aromatic N) is 1. The van der Waals surface area contributed by atoms with Gasteiger partial charge in [-0.25, -0.2) is 0 Å². The van der Waals surface area contributed by atoms with Gasteiger partial charge in [0.25, 0.3) is 5.56 Å². The molecule has 2 radical (unpaired) electrons. The fourth-order valence-electron chi connectivity index (χ4n) is 1.76. The number of anilines is 1. The van der Waals surface area contributed by atoms with Crippen LogP contribution in [0.15, 0.2) is 47.3 Å². The average molecular weight is 238 g/mol. The molecule has 88 valence electrons. The van der Waals surface area contributed by atoms with Crippen LogP contribution in [0.4, 0.5) is 10.5 Å². The van der Waals surface area contributed by atoms with Gasteiger partial charge in [0.1, 0.15) is 5.69 Å². The van der Waals surface area contributed by atoms with Crippen LogP contribution in [-0.4, -0.2) is 18.2 Å². The quantitative estimate of drug-likeness (QED) is 0.810. The largest absolute Gasteiger partial charge is 0.332 e. The van der Waals surface area contributed by atoms with Crippen LogP contribution in [0.3, 0.4) is 0 Å². The van der Waals surface area contributed by atoms with Crippen molar-refractivity contribution in [3.8, 4) is 11.3 Å². The summed E-state index contributed by atoms with van der Waals surface area (Å²) in [6, 6.07) is 12.8. The molecule has 2 aromatic rings. The first-order valence-electron chi connectivity index (χ1n) is 5.41. The highest BCUT2D eigenvalue weighted by Gasteiger charge is 2.07. The van der Waals surface area contributed by atoms with Gasteiger partial charge in [-0.1, -0.05) is 30.3 Å². The fourth-order valence-corrected chi connectivity index (χ4v) is 1.76. The Morgan fingerprint density at radius 2 is 1.83 bits per heavy atom. The lowest BCUT2D eigenvalue weighted by Crippen LogP contribution is -2.24. The zero-order chi connectivity index (χ0) is 13.1. The number of carbonyl (C=O) groups is 1. The van der Waals surface area contributed by atoms with Crippen LogP contribution in [0, 0.1) is 0 Å². The molecule has 0 saturated heterocycles. The van der Waals surface area contributed by atoms with Crippen molar-refractivity contribution in [2.45, 2.75) is 0 Å². The fraction of sp³-hybridized carbons (Fsp3) is 0.0769. The number of carbonyl (C=O) groups excluding carboxylic acids is 1. The molecule has 1 N–H and O–H groups in total. The first-order valence-corrected chi connectivity index (χ1v) is 5.41. The van der Waals surface area contributed by atoms with Gasteiger partial charge in [0, 0.05) is 7.05 Å². The minimum absolute atomic E-state index is 0.171. The first kappa shape index (κ1) is 12.2. The number of amides is 1. The maximum atomic E-state index is 12.0. The number of aromatic nitrogens is 1. The molecule has 2 rings (SSSR count). The Hall–Kier alpha value is -2.30. The summed E-state index contributed by atoms with van der Waals surface area (Å²) in [5.41, 5.74) is 1.58. The molecule has 1 aromatic heterocycles. The van der Waals surface area contributed by atoms with Gasteiger partial charge in [0.15, 0.2) is 5.81 Å². The minimum Gasteiger partial charge on any atom is -0.332 e. The van der Waals surface area contributed by atoms with E-state index in [1.807, 2.05) is 30.3 Å². The molecule has 4 nitrogen and oxygen atoms in total. The Balaban J connectivity index is 2.51. The van der Waals surface area contributed by atoms with Crippen LogP contribution >= 0.6 is 0 Å². The highest BCUT2D eigenvalue weighted by molar-refractivity contribution is 6.60. The normalized spacial score (nSPS) is 10.1. The van der Waals surface area contributed by atoms with Crippen molar-refractivity contribution in [2.24, 2.45) is 7.05 Å². The van der Waals surface area contributed by atoms with E-state index in [1.165, 1.54) is 4.57 Å². The lowest BCUT2D eigenvalue weighted by molar-refractivity contribution is 0.269. The number of hydrogen-bond acceptors (Lipinski definition) is 2. The van der Waals surface area contributed by atoms with E-state index in [2.05, 4.69) is 5.32 Å². The van der Waals surface area contributed by atoms with Crippen LogP contribution in [0.2, 0.25) is 0 Å². The van der Waals surface area contributed by atoms with Crippen molar-refractivity contribution in [3.05, 3.63) is 52.8 Å². The van der Waals surface area contributed by atoms with Gasteiger partial charge in [-0.05, 0) is 17.7 Å². The molecule has 0 aliphatic rings. The lowest BCUT2D eigenvalue weighted by atomic mass is 10.1. The number of rotatable bonds is 2. The van der Waals surface area contributed by atoms with E-state index in [0.29, 0.717) is 0 Å². The van der Waals surface area contributed by atoms with Crippen molar-refractivity contribution in [1.29, 1.82) is 0 Å². The van der Waals surface area contributed by atoms with Crippen LogP contribution in [-0.2, 0) is 7.05 Å². The van der Waals surface area contributed by atoms with E-state index in [0.717, 1.165) is 11.3 Å². The van der Waals surface area contributed by atoms with Gasteiger partial charge in [-0.2, -0.15) is 0 Å². The first-order chi connectivity index (χ1) is 8.59. The molecular weight excluding hydrogens is 227 g/mol. The van der Waals surface area contributed by atoms with Crippen molar-refractivity contribution in [3.63, 3.8) is 0 Å². The maximum Gasteiger partial charge on any atom is 0.274 e. The standard InChI is InChI=1S/C13H11BN2O2/c1-16-11(9-5-3-2-4-6-9)8-7-10(12(16)17)15-13(14)18/h2-8H,1H3,(H,15,18). The zero-order valence-corrected chi connectivity index (χ0v) is 9.88. The highest BCUT2D eigenvalue weighted by atomic mass is 16.1. The van der Waals surface area contributed by atoms with E-state index in [-0.39, 0.29) is 11.2 Å². The zero-order valence-electron chi connectivity index (χ0n) is 9.88. The molecule has 18 heavy (non-hydrogen) atoms. The highest BCUT2D eigenvalue weighted by Crippen LogP contribution is 2.17. The van der Waals surface area contributed by atoms with E-state index >= 15 is 0 Å². The monoisotopic (exact) mass is 238 g/mol. The molecule has 0 aliphatic carbocycles. The summed E-state index contributed by atoms with van der Waals surface area (Å²) in [4.78, 5) is 22.7. The Morgan fingerprint density at radius 1 is 1.17 bits per heavy atom. The molecule has 0 fully saturated rings. The third-order valence-corrected chi connectivity index (χ3v) is 2.63. The molecule has 1 aromatic carbocycles. The molecule has 5 heteroatoms. The van der Waals surface area contributed by atoms with E-state index in [9.17, 15) is 9.59 Å². The summed E-state index contributed by atoms with van der Waals surface area (Å²) >= 11 is 0. The molecule has 0 bridgehead atoms. The summed E-state index contributed by atoms with van der Waals surface area (Å²) in [5.74, 6) is -0.750. The number of hydrogen-bond donors (Lipinski definition) is 1.